The maximum atomic E-state index is 12.8. The van der Waals surface area contributed by atoms with E-state index in [1.165, 1.54) is 7.11 Å². The van der Waals surface area contributed by atoms with Gasteiger partial charge < -0.3 is 14.6 Å². The number of likely N-dealkylation sites (N-methyl/N-ethyl adjacent to an activating group) is 1. The molecule has 1 amide bonds. The quantitative estimate of drug-likeness (QED) is 0.813. The van der Waals surface area contributed by atoms with Gasteiger partial charge in [0.05, 0.1) is 12.6 Å². The molecule has 0 aliphatic carbocycles. The van der Waals surface area contributed by atoms with Gasteiger partial charge in [-0.05, 0) is 31.5 Å². The Bertz CT molecular complexity index is 965. The van der Waals surface area contributed by atoms with Crippen LogP contribution in [0.25, 0.3) is 10.9 Å². The number of carbonyl (C=O) groups excluding carboxylic acids is 2. The number of pyridine rings is 1. The number of likely N-dealkylation sites (tertiary alicyclic amines) is 1. The molecule has 1 aromatic heterocycles. The lowest BCUT2D eigenvalue weighted by Gasteiger charge is -2.15. The van der Waals surface area contributed by atoms with Crippen molar-refractivity contribution >= 4 is 22.8 Å². The molecule has 1 N–H and O–H groups in total. The first-order chi connectivity index (χ1) is 12.5. The van der Waals surface area contributed by atoms with Crippen molar-refractivity contribution in [3.05, 3.63) is 45.7 Å². The van der Waals surface area contributed by atoms with Gasteiger partial charge >= 0.3 is 5.97 Å². The van der Waals surface area contributed by atoms with Crippen LogP contribution >= 0.6 is 0 Å². The highest BCUT2D eigenvalue weighted by molar-refractivity contribution is 5.98. The number of hydrogen-bond donors (Lipinski definition) is 1. The Hall–Kier alpha value is -2.67. The number of esters is 1. The fourth-order valence-electron chi connectivity index (χ4n) is 4.10. The highest BCUT2D eigenvalue weighted by Crippen LogP contribution is 2.24. The van der Waals surface area contributed by atoms with E-state index in [0.717, 1.165) is 24.0 Å². The average molecular weight is 355 g/mol. The van der Waals surface area contributed by atoms with Crippen LogP contribution in [0.15, 0.2) is 29.2 Å². The highest BCUT2D eigenvalue weighted by atomic mass is 16.5. The van der Waals surface area contributed by atoms with Gasteiger partial charge in [0.2, 0.25) is 5.43 Å². The number of ether oxygens (including phenoxy) is 1. The van der Waals surface area contributed by atoms with Crippen LogP contribution in [0.4, 0.5) is 0 Å². The standard InChI is InChI=1S/C19H21N3O4/c1-21-9-12(8-15(21)19(25)26-2)20-18(24)14-10-22-7-6-11-4-3-5-13(16(11)22)17(14)23/h3-5,10,12,15H,6-9H2,1-2H3,(H,20,24)/t12-,15+/m1/s1. The Labute approximate surface area is 150 Å². The first-order valence-corrected chi connectivity index (χ1v) is 8.73. The normalized spacial score (nSPS) is 21.9. The van der Waals surface area contributed by atoms with E-state index < -0.39 is 0 Å². The van der Waals surface area contributed by atoms with Gasteiger partial charge in [-0.1, -0.05) is 12.1 Å². The molecule has 0 spiro atoms. The Balaban J connectivity index is 1.60. The lowest BCUT2D eigenvalue weighted by atomic mass is 10.1. The molecule has 0 bridgehead atoms. The van der Waals surface area contributed by atoms with E-state index in [9.17, 15) is 14.4 Å². The Kier molecular flexibility index (Phi) is 4.03. The van der Waals surface area contributed by atoms with Crippen molar-refractivity contribution in [2.45, 2.75) is 31.5 Å². The fraction of sp³-hybridized carbons (Fsp3) is 0.421. The number of aryl methyl sites for hydroxylation is 2. The van der Waals surface area contributed by atoms with Crippen molar-refractivity contribution < 1.29 is 14.3 Å². The maximum Gasteiger partial charge on any atom is 0.323 e. The van der Waals surface area contributed by atoms with Crippen LogP contribution in [0, 0.1) is 0 Å². The van der Waals surface area contributed by atoms with E-state index in [-0.39, 0.29) is 35.0 Å². The summed E-state index contributed by atoms with van der Waals surface area (Å²) >= 11 is 0. The van der Waals surface area contributed by atoms with Crippen molar-refractivity contribution in [2.24, 2.45) is 0 Å². The monoisotopic (exact) mass is 355 g/mol. The van der Waals surface area contributed by atoms with E-state index in [0.29, 0.717) is 18.4 Å². The first-order valence-electron chi connectivity index (χ1n) is 8.73. The zero-order valence-corrected chi connectivity index (χ0v) is 14.8. The molecule has 26 heavy (non-hydrogen) atoms. The summed E-state index contributed by atoms with van der Waals surface area (Å²) in [6.45, 7) is 1.31. The number of benzene rings is 1. The Morgan fingerprint density at radius 1 is 1.31 bits per heavy atom. The van der Waals surface area contributed by atoms with Crippen molar-refractivity contribution in [2.75, 3.05) is 20.7 Å². The van der Waals surface area contributed by atoms with Crippen LogP contribution < -0.4 is 10.7 Å². The Morgan fingerprint density at radius 2 is 2.12 bits per heavy atom. The maximum absolute atomic E-state index is 12.8. The number of methoxy groups -OCH3 is 1. The van der Waals surface area contributed by atoms with Gasteiger partial charge in [-0.15, -0.1) is 0 Å². The smallest absolute Gasteiger partial charge is 0.323 e. The third kappa shape index (κ3) is 2.59. The molecule has 7 heteroatoms. The SMILES string of the molecule is COC(=O)[C@@H]1C[C@@H](NC(=O)c2cn3c4c(cccc4c2=O)CC3)CN1C. The van der Waals surface area contributed by atoms with Gasteiger partial charge in [-0.2, -0.15) is 0 Å². The lowest BCUT2D eigenvalue weighted by Crippen LogP contribution is -2.38. The van der Waals surface area contributed by atoms with Gasteiger partial charge in [0.1, 0.15) is 11.6 Å². The molecule has 0 radical (unpaired) electrons. The molecule has 2 aliphatic rings. The van der Waals surface area contributed by atoms with Crippen molar-refractivity contribution in [1.29, 1.82) is 0 Å². The number of nitrogens with zero attached hydrogens (tertiary/aromatic N) is 2. The van der Waals surface area contributed by atoms with Crippen LogP contribution in [0.3, 0.4) is 0 Å². The minimum atomic E-state index is -0.387. The van der Waals surface area contributed by atoms with E-state index in [1.807, 2.05) is 28.6 Å². The summed E-state index contributed by atoms with van der Waals surface area (Å²) in [5, 5.41) is 3.49. The molecule has 2 atom stereocenters. The van der Waals surface area contributed by atoms with Crippen LogP contribution in [0.5, 0.6) is 0 Å². The molecule has 2 aromatic rings. The number of aromatic nitrogens is 1. The second kappa shape index (κ2) is 6.25. The second-order valence-corrected chi connectivity index (χ2v) is 7.01. The third-order valence-corrected chi connectivity index (χ3v) is 5.40. The van der Waals surface area contributed by atoms with Crippen molar-refractivity contribution in [1.82, 2.24) is 14.8 Å². The summed E-state index contributed by atoms with van der Waals surface area (Å²) < 4.78 is 6.78. The molecule has 0 saturated carbocycles. The van der Waals surface area contributed by atoms with Gasteiger partial charge in [-0.3, -0.25) is 19.3 Å². The van der Waals surface area contributed by atoms with Gasteiger partial charge in [0, 0.05) is 30.7 Å². The number of rotatable bonds is 3. The molecule has 1 saturated heterocycles. The van der Waals surface area contributed by atoms with Crippen molar-refractivity contribution in [3.63, 3.8) is 0 Å². The minimum absolute atomic E-state index is 0.153. The summed E-state index contributed by atoms with van der Waals surface area (Å²) in [7, 11) is 3.18. The molecular formula is C19H21N3O4. The molecule has 3 heterocycles. The Morgan fingerprint density at radius 3 is 2.88 bits per heavy atom. The summed E-state index contributed by atoms with van der Waals surface area (Å²) in [4.78, 5) is 39.2. The van der Waals surface area contributed by atoms with Crippen LogP contribution in [-0.2, 0) is 22.5 Å². The fourth-order valence-corrected chi connectivity index (χ4v) is 4.10. The average Bonchev–Trinajstić information content (AvgIpc) is 3.21. The minimum Gasteiger partial charge on any atom is -0.468 e. The van der Waals surface area contributed by atoms with Gasteiger partial charge in [0.15, 0.2) is 0 Å². The first kappa shape index (κ1) is 16.8. The van der Waals surface area contributed by atoms with Crippen LogP contribution in [-0.4, -0.2) is 54.1 Å². The van der Waals surface area contributed by atoms with Crippen molar-refractivity contribution in [3.8, 4) is 0 Å². The molecule has 136 valence electrons. The van der Waals surface area contributed by atoms with Gasteiger partial charge in [-0.25, -0.2) is 0 Å². The summed E-state index contributed by atoms with van der Waals surface area (Å²) in [5.41, 5.74) is 1.99. The molecule has 1 fully saturated rings. The largest absolute Gasteiger partial charge is 0.468 e. The van der Waals surface area contributed by atoms with E-state index >= 15 is 0 Å². The zero-order valence-electron chi connectivity index (χ0n) is 14.8. The van der Waals surface area contributed by atoms with E-state index in [4.69, 9.17) is 4.74 Å². The molecule has 4 rings (SSSR count). The molecule has 2 aliphatic heterocycles. The zero-order chi connectivity index (χ0) is 18.4. The van der Waals surface area contributed by atoms with E-state index in [2.05, 4.69) is 5.32 Å². The summed E-state index contributed by atoms with van der Waals surface area (Å²) in [5.74, 6) is -0.697. The van der Waals surface area contributed by atoms with Crippen LogP contribution in [0.1, 0.15) is 22.3 Å². The van der Waals surface area contributed by atoms with Crippen LogP contribution in [0.2, 0.25) is 0 Å². The number of nitrogens with one attached hydrogen (secondary N) is 1. The number of para-hydroxylation sites is 1. The highest BCUT2D eigenvalue weighted by Gasteiger charge is 2.36. The summed E-state index contributed by atoms with van der Waals surface area (Å²) in [6, 6.07) is 5.09. The predicted octanol–water partition coefficient (Wildman–Crippen LogP) is 0.533. The number of amides is 1. The molecule has 1 aromatic carbocycles. The topological polar surface area (TPSA) is 80.6 Å². The molecule has 0 unspecified atom stereocenters. The number of carbonyl (C=O) groups is 2. The van der Waals surface area contributed by atoms with Gasteiger partial charge in [0.25, 0.3) is 5.91 Å². The molecular weight excluding hydrogens is 334 g/mol. The summed E-state index contributed by atoms with van der Waals surface area (Å²) in [6.07, 6.45) is 3.00. The lowest BCUT2D eigenvalue weighted by molar-refractivity contribution is -0.145. The third-order valence-electron chi connectivity index (χ3n) is 5.40. The molecule has 7 nitrogen and oxygen atoms in total. The predicted molar refractivity (Wildman–Crippen MR) is 96.2 cm³/mol. The number of hydrogen-bond acceptors (Lipinski definition) is 5. The van der Waals surface area contributed by atoms with E-state index in [1.54, 1.807) is 12.3 Å². The second-order valence-electron chi connectivity index (χ2n) is 7.01.